The van der Waals surface area contributed by atoms with Crippen LogP contribution in [0.15, 0.2) is 0 Å². The Bertz CT molecular complexity index is 534. The molecule has 0 radical (unpaired) electrons. The second-order valence-corrected chi connectivity index (χ2v) is 5.08. The van der Waals surface area contributed by atoms with Crippen molar-refractivity contribution >= 4 is 17.6 Å². The molecule has 2 rings (SSSR count). The second kappa shape index (κ2) is 5.48. The lowest BCUT2D eigenvalue weighted by Crippen LogP contribution is -2.39. The molecule has 1 N–H and O–H groups in total. The van der Waals surface area contributed by atoms with Crippen molar-refractivity contribution in [2.24, 2.45) is 7.05 Å². The van der Waals surface area contributed by atoms with Gasteiger partial charge in [0.1, 0.15) is 6.54 Å². The lowest BCUT2D eigenvalue weighted by Gasteiger charge is -2.28. The highest BCUT2D eigenvalue weighted by Crippen LogP contribution is 2.34. The number of carboxylic acid groups (broad SMARTS) is 1. The van der Waals surface area contributed by atoms with Crippen molar-refractivity contribution in [2.45, 2.75) is 38.6 Å². The summed E-state index contributed by atoms with van der Waals surface area (Å²) in [5, 5.41) is 20.2. The number of nitro groups is 1. The summed E-state index contributed by atoms with van der Waals surface area (Å²) in [4.78, 5) is 27.3. The average Bonchev–Trinajstić information content (AvgIpc) is 2.97. The SMILES string of the molecule is Cc1nc([N+](=O)[O-])c(N(CC(=O)O)C2CCCC2)n1C. The summed E-state index contributed by atoms with van der Waals surface area (Å²) in [5.41, 5.74) is 0. The van der Waals surface area contributed by atoms with Crippen molar-refractivity contribution in [1.29, 1.82) is 0 Å². The third kappa shape index (κ3) is 2.59. The molecule has 1 aromatic rings. The molecular formula is C12H18N4O4. The molecule has 1 fully saturated rings. The van der Waals surface area contributed by atoms with Crippen LogP contribution in [0.1, 0.15) is 31.5 Å². The van der Waals surface area contributed by atoms with Gasteiger partial charge in [0.05, 0.1) is 0 Å². The quantitative estimate of drug-likeness (QED) is 0.648. The van der Waals surface area contributed by atoms with E-state index in [1.54, 1.807) is 23.4 Å². The van der Waals surface area contributed by atoms with Gasteiger partial charge in [0, 0.05) is 20.0 Å². The first-order chi connectivity index (χ1) is 9.41. The first kappa shape index (κ1) is 14.3. The van der Waals surface area contributed by atoms with Gasteiger partial charge in [0.15, 0.2) is 0 Å². The molecule has 110 valence electrons. The molecule has 8 heteroatoms. The summed E-state index contributed by atoms with van der Waals surface area (Å²) in [7, 11) is 1.68. The van der Waals surface area contributed by atoms with Crippen LogP contribution in [0.25, 0.3) is 0 Å². The van der Waals surface area contributed by atoms with Crippen LogP contribution in [0.3, 0.4) is 0 Å². The van der Waals surface area contributed by atoms with E-state index in [0.717, 1.165) is 25.7 Å². The molecule has 0 spiro atoms. The zero-order valence-electron chi connectivity index (χ0n) is 11.6. The highest BCUT2D eigenvalue weighted by molar-refractivity contribution is 5.75. The Kier molecular flexibility index (Phi) is 3.91. The first-order valence-corrected chi connectivity index (χ1v) is 6.58. The Morgan fingerprint density at radius 2 is 2.15 bits per heavy atom. The maximum absolute atomic E-state index is 11.1. The van der Waals surface area contributed by atoms with Gasteiger partial charge in [-0.3, -0.25) is 9.36 Å². The van der Waals surface area contributed by atoms with Crippen molar-refractivity contribution in [3.05, 3.63) is 15.9 Å². The standard InChI is InChI=1S/C12H18N4O4/c1-8-13-11(16(19)20)12(14(8)2)15(7-10(17)18)9-5-3-4-6-9/h9H,3-7H2,1-2H3,(H,17,18). The number of anilines is 1. The molecule has 0 bridgehead atoms. The Balaban J connectivity index is 2.46. The maximum atomic E-state index is 11.1. The molecule has 8 nitrogen and oxygen atoms in total. The first-order valence-electron chi connectivity index (χ1n) is 6.58. The molecule has 1 aliphatic rings. The van der Waals surface area contributed by atoms with Crippen molar-refractivity contribution in [2.75, 3.05) is 11.4 Å². The number of nitrogens with zero attached hydrogens (tertiary/aromatic N) is 4. The monoisotopic (exact) mass is 282 g/mol. The Hall–Kier alpha value is -2.12. The molecule has 0 unspecified atom stereocenters. The van der Waals surface area contributed by atoms with Gasteiger partial charge in [0.25, 0.3) is 0 Å². The fraction of sp³-hybridized carbons (Fsp3) is 0.667. The summed E-state index contributed by atoms with van der Waals surface area (Å²) in [5.74, 6) is -0.468. The molecule has 1 aliphatic carbocycles. The summed E-state index contributed by atoms with van der Waals surface area (Å²) in [6.45, 7) is 1.43. The minimum Gasteiger partial charge on any atom is -0.480 e. The molecule has 1 saturated carbocycles. The summed E-state index contributed by atoms with van der Waals surface area (Å²) in [6, 6.07) is 0.0274. The van der Waals surface area contributed by atoms with Crippen LogP contribution in [0.4, 0.5) is 11.6 Å². The van der Waals surface area contributed by atoms with E-state index in [-0.39, 0.29) is 18.4 Å². The van der Waals surface area contributed by atoms with Gasteiger partial charge >= 0.3 is 11.8 Å². The lowest BCUT2D eigenvalue weighted by atomic mass is 10.2. The molecule has 0 aromatic carbocycles. The Morgan fingerprint density at radius 3 is 2.65 bits per heavy atom. The molecule has 0 aliphatic heterocycles. The number of carbonyl (C=O) groups is 1. The van der Waals surface area contributed by atoms with E-state index in [9.17, 15) is 14.9 Å². The van der Waals surface area contributed by atoms with Crippen molar-refractivity contribution in [3.63, 3.8) is 0 Å². The normalized spacial score (nSPS) is 15.5. The van der Waals surface area contributed by atoms with Crippen LogP contribution >= 0.6 is 0 Å². The van der Waals surface area contributed by atoms with E-state index < -0.39 is 10.9 Å². The topological polar surface area (TPSA) is 102 Å². The van der Waals surface area contributed by atoms with Crippen LogP contribution in [0.5, 0.6) is 0 Å². The minimum absolute atomic E-state index is 0.0274. The third-order valence-electron chi connectivity index (χ3n) is 3.79. The number of aliphatic carboxylic acids is 1. The van der Waals surface area contributed by atoms with Gasteiger partial charge in [0.2, 0.25) is 11.6 Å². The highest BCUT2D eigenvalue weighted by Gasteiger charge is 2.34. The van der Waals surface area contributed by atoms with E-state index in [1.165, 1.54) is 0 Å². The number of carboxylic acids is 1. The number of aromatic nitrogens is 2. The molecule has 1 heterocycles. The lowest BCUT2D eigenvalue weighted by molar-refractivity contribution is -0.388. The van der Waals surface area contributed by atoms with Crippen LogP contribution in [0.2, 0.25) is 0 Å². The Morgan fingerprint density at radius 1 is 1.55 bits per heavy atom. The zero-order chi connectivity index (χ0) is 14.9. The third-order valence-corrected chi connectivity index (χ3v) is 3.79. The predicted molar refractivity (Wildman–Crippen MR) is 71.8 cm³/mol. The van der Waals surface area contributed by atoms with E-state index in [0.29, 0.717) is 11.6 Å². The van der Waals surface area contributed by atoms with Crippen LogP contribution in [-0.2, 0) is 11.8 Å². The van der Waals surface area contributed by atoms with Crippen LogP contribution in [-0.4, -0.2) is 38.1 Å². The predicted octanol–water partition coefficient (Wildman–Crippen LogP) is 1.47. The fourth-order valence-corrected chi connectivity index (χ4v) is 2.76. The van der Waals surface area contributed by atoms with Crippen LogP contribution < -0.4 is 4.90 Å². The van der Waals surface area contributed by atoms with Crippen molar-refractivity contribution in [1.82, 2.24) is 9.55 Å². The molecule has 1 aromatic heterocycles. The molecule has 0 atom stereocenters. The number of hydrogen-bond acceptors (Lipinski definition) is 5. The smallest absolute Gasteiger partial charge is 0.406 e. The Labute approximate surface area is 116 Å². The largest absolute Gasteiger partial charge is 0.480 e. The van der Waals surface area contributed by atoms with E-state index >= 15 is 0 Å². The fourth-order valence-electron chi connectivity index (χ4n) is 2.76. The number of hydrogen-bond donors (Lipinski definition) is 1. The van der Waals surface area contributed by atoms with Gasteiger partial charge in [-0.05, 0) is 22.7 Å². The number of imidazole rings is 1. The van der Waals surface area contributed by atoms with E-state index in [2.05, 4.69) is 4.98 Å². The van der Waals surface area contributed by atoms with Crippen molar-refractivity contribution < 1.29 is 14.8 Å². The molecule has 0 amide bonds. The summed E-state index contributed by atoms with van der Waals surface area (Å²) < 4.78 is 1.60. The van der Waals surface area contributed by atoms with Gasteiger partial charge in [-0.15, -0.1) is 0 Å². The number of aryl methyl sites for hydroxylation is 1. The van der Waals surface area contributed by atoms with Gasteiger partial charge in [-0.25, -0.2) is 0 Å². The summed E-state index contributed by atoms with van der Waals surface area (Å²) in [6.07, 6.45) is 3.75. The van der Waals surface area contributed by atoms with Gasteiger partial charge < -0.3 is 20.1 Å². The second-order valence-electron chi connectivity index (χ2n) is 5.08. The highest BCUT2D eigenvalue weighted by atomic mass is 16.6. The van der Waals surface area contributed by atoms with E-state index in [1.807, 2.05) is 0 Å². The van der Waals surface area contributed by atoms with Gasteiger partial charge in [-0.1, -0.05) is 12.8 Å². The number of rotatable bonds is 5. The van der Waals surface area contributed by atoms with Crippen molar-refractivity contribution in [3.8, 4) is 0 Å². The maximum Gasteiger partial charge on any atom is 0.406 e. The zero-order valence-corrected chi connectivity index (χ0v) is 11.6. The molecule has 20 heavy (non-hydrogen) atoms. The minimum atomic E-state index is -0.995. The van der Waals surface area contributed by atoms with Gasteiger partial charge in [-0.2, -0.15) is 0 Å². The van der Waals surface area contributed by atoms with E-state index in [4.69, 9.17) is 5.11 Å². The molecular weight excluding hydrogens is 264 g/mol. The van der Waals surface area contributed by atoms with Crippen LogP contribution in [0, 0.1) is 17.0 Å². The average molecular weight is 282 g/mol. The summed E-state index contributed by atoms with van der Waals surface area (Å²) >= 11 is 0. The molecule has 0 saturated heterocycles.